The van der Waals surface area contributed by atoms with Crippen molar-refractivity contribution in [3.05, 3.63) is 101 Å². The van der Waals surface area contributed by atoms with Crippen LogP contribution in [0.15, 0.2) is 84.0 Å². The zero-order valence-corrected chi connectivity index (χ0v) is 17.7. The van der Waals surface area contributed by atoms with Gasteiger partial charge in [0.25, 0.3) is 0 Å². The number of nitrogens with zero attached hydrogens (tertiary/aromatic N) is 3. The summed E-state index contributed by atoms with van der Waals surface area (Å²) in [7, 11) is 0. The van der Waals surface area contributed by atoms with Crippen molar-refractivity contribution < 1.29 is 4.74 Å². The molecule has 0 amide bonds. The molecule has 0 spiro atoms. The van der Waals surface area contributed by atoms with Gasteiger partial charge in [-0.15, -0.1) is 0 Å². The molecule has 3 aromatic carbocycles. The summed E-state index contributed by atoms with van der Waals surface area (Å²) in [6, 6.07) is 26.4. The zero-order chi connectivity index (χ0) is 20.6. The van der Waals surface area contributed by atoms with Crippen LogP contribution in [-0.2, 0) is 13.2 Å². The van der Waals surface area contributed by atoms with Gasteiger partial charge in [-0.2, -0.15) is 5.10 Å². The summed E-state index contributed by atoms with van der Waals surface area (Å²) in [5.74, 6) is 0.857. The Balaban J connectivity index is 1.25. The van der Waals surface area contributed by atoms with Crippen LogP contribution in [-0.4, -0.2) is 42.3 Å². The number of benzene rings is 3. The molecule has 4 rings (SSSR count). The van der Waals surface area contributed by atoms with Gasteiger partial charge in [0.1, 0.15) is 12.4 Å². The van der Waals surface area contributed by atoms with E-state index in [1.54, 1.807) is 0 Å². The maximum Gasteiger partial charge on any atom is 0.120 e. The molecule has 30 heavy (non-hydrogen) atoms. The van der Waals surface area contributed by atoms with E-state index in [1.165, 1.54) is 5.56 Å². The largest absolute Gasteiger partial charge is 0.489 e. The molecule has 5 heteroatoms. The first kappa shape index (κ1) is 20.5. The first-order valence-electron chi connectivity index (χ1n) is 10.3. The van der Waals surface area contributed by atoms with Crippen molar-refractivity contribution in [3.63, 3.8) is 0 Å². The van der Waals surface area contributed by atoms with Crippen LogP contribution in [0, 0.1) is 0 Å². The topological polar surface area (TPSA) is 28.1 Å². The van der Waals surface area contributed by atoms with Crippen LogP contribution >= 0.6 is 11.6 Å². The Morgan fingerprint density at radius 3 is 2.37 bits per heavy atom. The van der Waals surface area contributed by atoms with Gasteiger partial charge in [-0.1, -0.05) is 66.2 Å². The predicted octanol–water partition coefficient (Wildman–Crippen LogP) is 5.07. The molecule has 0 aliphatic carbocycles. The van der Waals surface area contributed by atoms with Crippen LogP contribution in [0.3, 0.4) is 0 Å². The van der Waals surface area contributed by atoms with Crippen molar-refractivity contribution in [2.75, 3.05) is 26.2 Å². The average Bonchev–Trinajstić information content (AvgIpc) is 2.80. The average molecular weight is 420 g/mol. The molecule has 1 fully saturated rings. The van der Waals surface area contributed by atoms with E-state index in [1.807, 2.05) is 54.7 Å². The van der Waals surface area contributed by atoms with Crippen molar-refractivity contribution in [1.29, 1.82) is 0 Å². The van der Waals surface area contributed by atoms with Crippen LogP contribution in [0.5, 0.6) is 5.75 Å². The van der Waals surface area contributed by atoms with Crippen molar-refractivity contribution in [1.82, 2.24) is 9.91 Å². The first-order chi connectivity index (χ1) is 14.7. The molecule has 4 nitrogen and oxygen atoms in total. The SMILES string of the molecule is Clc1ccc(CN2CCN(/N=C/c3cccc(OCc4ccccc4)c3)CC2)cc1. The second-order valence-electron chi connectivity index (χ2n) is 7.45. The van der Waals surface area contributed by atoms with E-state index < -0.39 is 0 Å². The van der Waals surface area contributed by atoms with E-state index in [4.69, 9.17) is 16.3 Å². The Bertz CT molecular complexity index is 952. The molecule has 0 atom stereocenters. The van der Waals surface area contributed by atoms with Gasteiger partial charge in [0.2, 0.25) is 0 Å². The number of hydrogen-bond donors (Lipinski definition) is 0. The molecule has 1 heterocycles. The van der Waals surface area contributed by atoms with Gasteiger partial charge >= 0.3 is 0 Å². The third-order valence-electron chi connectivity index (χ3n) is 5.14. The van der Waals surface area contributed by atoms with Crippen molar-refractivity contribution >= 4 is 17.8 Å². The lowest BCUT2D eigenvalue weighted by molar-refractivity contribution is 0.131. The Kier molecular flexibility index (Phi) is 7.01. The summed E-state index contributed by atoms with van der Waals surface area (Å²) in [6.45, 7) is 5.37. The highest BCUT2D eigenvalue weighted by Crippen LogP contribution is 2.15. The van der Waals surface area contributed by atoms with Gasteiger partial charge in [0, 0.05) is 37.7 Å². The van der Waals surface area contributed by atoms with Gasteiger partial charge < -0.3 is 4.74 Å². The van der Waals surface area contributed by atoms with E-state index >= 15 is 0 Å². The molecule has 0 saturated carbocycles. The molecular weight excluding hydrogens is 394 g/mol. The summed E-state index contributed by atoms with van der Waals surface area (Å²) >= 11 is 5.97. The van der Waals surface area contributed by atoms with E-state index in [0.717, 1.165) is 54.6 Å². The minimum absolute atomic E-state index is 0.566. The van der Waals surface area contributed by atoms with Crippen LogP contribution in [0.25, 0.3) is 0 Å². The maximum atomic E-state index is 5.97. The van der Waals surface area contributed by atoms with Crippen molar-refractivity contribution in [2.24, 2.45) is 5.10 Å². The Morgan fingerprint density at radius 2 is 1.60 bits per heavy atom. The molecule has 1 aliphatic rings. The molecule has 1 saturated heterocycles. The molecule has 0 N–H and O–H groups in total. The van der Waals surface area contributed by atoms with Gasteiger partial charge in [0.15, 0.2) is 0 Å². The number of hydrogen-bond acceptors (Lipinski definition) is 4. The zero-order valence-electron chi connectivity index (χ0n) is 17.0. The Labute approximate surface area is 183 Å². The van der Waals surface area contributed by atoms with Crippen LogP contribution in [0.2, 0.25) is 5.02 Å². The van der Waals surface area contributed by atoms with E-state index in [-0.39, 0.29) is 0 Å². The fourth-order valence-corrected chi connectivity index (χ4v) is 3.56. The molecule has 154 valence electrons. The van der Waals surface area contributed by atoms with Crippen LogP contribution in [0.4, 0.5) is 0 Å². The van der Waals surface area contributed by atoms with Gasteiger partial charge in [-0.3, -0.25) is 9.91 Å². The van der Waals surface area contributed by atoms with E-state index in [0.29, 0.717) is 6.61 Å². The monoisotopic (exact) mass is 419 g/mol. The Hall–Kier alpha value is -2.82. The van der Waals surface area contributed by atoms with Crippen LogP contribution in [0.1, 0.15) is 16.7 Å². The number of rotatable bonds is 7. The third-order valence-corrected chi connectivity index (χ3v) is 5.40. The second kappa shape index (κ2) is 10.3. The number of ether oxygens (including phenoxy) is 1. The highest BCUT2D eigenvalue weighted by atomic mass is 35.5. The summed E-state index contributed by atoms with van der Waals surface area (Å²) in [5, 5.41) is 7.59. The molecule has 3 aromatic rings. The summed E-state index contributed by atoms with van der Waals surface area (Å²) in [4.78, 5) is 2.45. The lowest BCUT2D eigenvalue weighted by atomic mass is 10.2. The summed E-state index contributed by atoms with van der Waals surface area (Å²) < 4.78 is 5.91. The lowest BCUT2D eigenvalue weighted by Gasteiger charge is -2.33. The molecule has 0 radical (unpaired) electrons. The molecular formula is C25H26ClN3O. The fourth-order valence-electron chi connectivity index (χ4n) is 3.43. The van der Waals surface area contributed by atoms with E-state index in [2.05, 4.69) is 45.3 Å². The lowest BCUT2D eigenvalue weighted by Crippen LogP contribution is -2.43. The minimum atomic E-state index is 0.566. The highest BCUT2D eigenvalue weighted by Gasteiger charge is 2.15. The third kappa shape index (κ3) is 6.09. The fraction of sp³-hybridized carbons (Fsp3) is 0.240. The van der Waals surface area contributed by atoms with Crippen molar-refractivity contribution in [2.45, 2.75) is 13.2 Å². The van der Waals surface area contributed by atoms with Crippen LogP contribution < -0.4 is 4.74 Å². The smallest absolute Gasteiger partial charge is 0.120 e. The second-order valence-corrected chi connectivity index (χ2v) is 7.88. The van der Waals surface area contributed by atoms with E-state index in [9.17, 15) is 0 Å². The standard InChI is InChI=1S/C25H26ClN3O/c26-24-11-9-21(10-12-24)19-28-13-15-29(16-14-28)27-18-23-7-4-8-25(17-23)30-20-22-5-2-1-3-6-22/h1-12,17-18H,13-16,19-20H2/b27-18+. The molecule has 0 unspecified atom stereocenters. The number of halogens is 1. The normalized spacial score (nSPS) is 14.9. The number of piperazine rings is 1. The molecule has 1 aliphatic heterocycles. The van der Waals surface area contributed by atoms with Crippen molar-refractivity contribution in [3.8, 4) is 5.75 Å². The predicted molar refractivity (Wildman–Crippen MR) is 123 cm³/mol. The molecule has 0 bridgehead atoms. The van der Waals surface area contributed by atoms with Gasteiger partial charge in [0.05, 0.1) is 6.21 Å². The summed E-state index contributed by atoms with van der Waals surface area (Å²) in [6.07, 6.45) is 1.92. The highest BCUT2D eigenvalue weighted by molar-refractivity contribution is 6.30. The molecule has 0 aromatic heterocycles. The van der Waals surface area contributed by atoms with Gasteiger partial charge in [-0.05, 0) is 41.0 Å². The quantitative estimate of drug-likeness (QED) is 0.500. The van der Waals surface area contributed by atoms with Gasteiger partial charge in [-0.25, -0.2) is 0 Å². The number of hydrazone groups is 1. The minimum Gasteiger partial charge on any atom is -0.489 e. The maximum absolute atomic E-state index is 5.97. The Morgan fingerprint density at radius 1 is 0.833 bits per heavy atom. The first-order valence-corrected chi connectivity index (χ1v) is 10.6. The summed E-state index contributed by atoms with van der Waals surface area (Å²) in [5.41, 5.74) is 3.50.